The van der Waals surface area contributed by atoms with Crippen LogP contribution in [0.3, 0.4) is 0 Å². The molecule has 98 valence electrons. The lowest BCUT2D eigenvalue weighted by Gasteiger charge is -2.22. The van der Waals surface area contributed by atoms with Gasteiger partial charge in [0.1, 0.15) is 5.82 Å². The molecule has 0 heterocycles. The van der Waals surface area contributed by atoms with E-state index in [0.29, 0.717) is 11.6 Å². The van der Waals surface area contributed by atoms with Gasteiger partial charge < -0.3 is 4.90 Å². The topological polar surface area (TPSA) is 20.3 Å². The van der Waals surface area contributed by atoms with Crippen LogP contribution in [0.4, 0.5) is 4.39 Å². The van der Waals surface area contributed by atoms with Gasteiger partial charge in [-0.25, -0.2) is 4.39 Å². The first kappa shape index (κ1) is 13.4. The van der Waals surface area contributed by atoms with Crippen molar-refractivity contribution in [2.24, 2.45) is 0 Å². The number of carbonyl (C=O) groups excluding carboxylic acids is 1. The fraction of sp³-hybridized carbons (Fsp3) is 0.500. The number of halogens is 1. The van der Waals surface area contributed by atoms with Crippen LogP contribution in [0.5, 0.6) is 0 Å². The third-order valence-electron chi connectivity index (χ3n) is 3.19. The van der Waals surface area contributed by atoms with Gasteiger partial charge in [0.2, 0.25) is 0 Å². The maximum Gasteiger partial charge on any atom is 0.254 e. The van der Waals surface area contributed by atoms with E-state index < -0.39 is 0 Å². The summed E-state index contributed by atoms with van der Waals surface area (Å²) in [6.45, 7) is 2.90. The monoisotopic (exact) mass is 267 g/mol. The van der Waals surface area contributed by atoms with Gasteiger partial charge in [-0.2, -0.15) is 0 Å². The van der Waals surface area contributed by atoms with Crippen LogP contribution < -0.4 is 0 Å². The standard InChI is InChI=1S/C14H18FNOS/c1-2-3-8-16(11-5-6-11)14(17)10-4-7-12(15)13(18)9-10/h4,7,9,11,18H,2-3,5-6,8H2,1H3. The molecule has 0 saturated heterocycles. The molecule has 0 aliphatic heterocycles. The lowest BCUT2D eigenvalue weighted by Crippen LogP contribution is -2.34. The number of amides is 1. The number of unbranched alkanes of at least 4 members (excludes halogenated alkanes) is 1. The number of nitrogens with zero attached hydrogens (tertiary/aromatic N) is 1. The summed E-state index contributed by atoms with van der Waals surface area (Å²) in [5.74, 6) is -0.386. The Bertz CT molecular complexity index is 445. The van der Waals surface area contributed by atoms with Crippen molar-refractivity contribution in [3.63, 3.8) is 0 Å². The summed E-state index contributed by atoms with van der Waals surface area (Å²) < 4.78 is 13.1. The maximum atomic E-state index is 13.1. The number of carbonyl (C=O) groups is 1. The summed E-state index contributed by atoms with van der Waals surface area (Å²) in [7, 11) is 0. The predicted octanol–water partition coefficient (Wildman–Crippen LogP) is 3.52. The second-order valence-electron chi connectivity index (χ2n) is 4.75. The molecular formula is C14H18FNOS. The van der Waals surface area contributed by atoms with Crippen molar-refractivity contribution in [3.8, 4) is 0 Å². The normalized spacial score (nSPS) is 14.6. The zero-order valence-corrected chi connectivity index (χ0v) is 11.4. The third kappa shape index (κ3) is 3.05. The van der Waals surface area contributed by atoms with Gasteiger partial charge in [-0.1, -0.05) is 13.3 Å². The Hall–Kier alpha value is -1.03. The second-order valence-corrected chi connectivity index (χ2v) is 5.23. The Morgan fingerprint density at radius 3 is 2.78 bits per heavy atom. The molecule has 2 nitrogen and oxygen atoms in total. The van der Waals surface area contributed by atoms with E-state index in [4.69, 9.17) is 0 Å². The Kier molecular flexibility index (Phi) is 4.27. The Labute approximate surface area is 113 Å². The molecule has 4 heteroatoms. The van der Waals surface area contributed by atoms with Gasteiger partial charge in [0.25, 0.3) is 5.91 Å². The smallest absolute Gasteiger partial charge is 0.254 e. The molecule has 0 bridgehead atoms. The lowest BCUT2D eigenvalue weighted by molar-refractivity contribution is 0.0740. The zero-order chi connectivity index (χ0) is 13.1. The molecular weight excluding hydrogens is 249 g/mol. The van der Waals surface area contributed by atoms with E-state index in [1.807, 2.05) is 4.90 Å². The molecule has 1 amide bonds. The van der Waals surface area contributed by atoms with Crippen LogP contribution in [0, 0.1) is 5.82 Å². The third-order valence-corrected chi connectivity index (χ3v) is 3.54. The highest BCUT2D eigenvalue weighted by atomic mass is 32.1. The Morgan fingerprint density at radius 2 is 2.22 bits per heavy atom. The summed E-state index contributed by atoms with van der Waals surface area (Å²) in [5.41, 5.74) is 0.532. The van der Waals surface area contributed by atoms with Gasteiger partial charge in [0.15, 0.2) is 0 Å². The second kappa shape index (κ2) is 5.74. The van der Waals surface area contributed by atoms with Gasteiger partial charge in [-0.05, 0) is 37.5 Å². The minimum atomic E-state index is -0.388. The fourth-order valence-corrected chi connectivity index (χ4v) is 2.19. The average Bonchev–Trinajstić information content (AvgIpc) is 3.17. The lowest BCUT2D eigenvalue weighted by atomic mass is 10.1. The number of hydrogen-bond donors (Lipinski definition) is 1. The van der Waals surface area contributed by atoms with Gasteiger partial charge in [-0.3, -0.25) is 4.79 Å². The van der Waals surface area contributed by atoms with Crippen molar-refractivity contribution >= 4 is 18.5 Å². The molecule has 18 heavy (non-hydrogen) atoms. The van der Waals surface area contributed by atoms with Crippen molar-refractivity contribution in [3.05, 3.63) is 29.6 Å². The number of hydrogen-bond acceptors (Lipinski definition) is 2. The molecule has 1 aromatic carbocycles. The van der Waals surface area contributed by atoms with Crippen molar-refractivity contribution < 1.29 is 9.18 Å². The molecule has 1 aliphatic carbocycles. The quantitative estimate of drug-likeness (QED) is 0.809. The Balaban J connectivity index is 2.13. The van der Waals surface area contributed by atoms with Gasteiger partial charge in [0.05, 0.1) is 0 Å². The molecule has 1 aliphatic rings. The van der Waals surface area contributed by atoms with Crippen molar-refractivity contribution in [2.45, 2.75) is 43.5 Å². The summed E-state index contributed by atoms with van der Waals surface area (Å²) in [6.07, 6.45) is 4.25. The molecule has 2 rings (SSSR count). The molecule has 0 atom stereocenters. The van der Waals surface area contributed by atoms with Crippen LogP contribution in [0.2, 0.25) is 0 Å². The summed E-state index contributed by atoms with van der Waals surface area (Å²) in [6, 6.07) is 4.75. The molecule has 0 unspecified atom stereocenters. The largest absolute Gasteiger partial charge is 0.336 e. The van der Waals surface area contributed by atoms with E-state index in [1.54, 1.807) is 6.07 Å². The van der Waals surface area contributed by atoms with E-state index in [-0.39, 0.29) is 16.6 Å². The molecule has 0 N–H and O–H groups in total. The van der Waals surface area contributed by atoms with Crippen LogP contribution in [0.25, 0.3) is 0 Å². The minimum absolute atomic E-state index is 0.00116. The van der Waals surface area contributed by atoms with Crippen LogP contribution in [0.15, 0.2) is 23.1 Å². The first-order valence-electron chi connectivity index (χ1n) is 6.43. The summed E-state index contributed by atoms with van der Waals surface area (Å²) in [4.78, 5) is 14.5. The van der Waals surface area contributed by atoms with Crippen molar-refractivity contribution in [1.29, 1.82) is 0 Å². The molecule has 0 radical (unpaired) electrons. The SMILES string of the molecule is CCCCN(C(=O)c1ccc(F)c(S)c1)C1CC1. The predicted molar refractivity (Wildman–Crippen MR) is 72.6 cm³/mol. The van der Waals surface area contributed by atoms with E-state index in [1.165, 1.54) is 12.1 Å². The highest BCUT2D eigenvalue weighted by Crippen LogP contribution is 2.29. The summed E-state index contributed by atoms with van der Waals surface area (Å²) in [5, 5.41) is 0. The van der Waals surface area contributed by atoms with Crippen LogP contribution in [-0.2, 0) is 0 Å². The van der Waals surface area contributed by atoms with Crippen molar-refractivity contribution in [2.75, 3.05) is 6.54 Å². The fourth-order valence-electron chi connectivity index (χ4n) is 1.98. The number of thiol groups is 1. The molecule has 0 aromatic heterocycles. The highest BCUT2D eigenvalue weighted by Gasteiger charge is 2.32. The van der Waals surface area contributed by atoms with E-state index >= 15 is 0 Å². The number of benzene rings is 1. The first-order chi connectivity index (χ1) is 8.63. The number of rotatable bonds is 5. The average molecular weight is 267 g/mol. The van der Waals surface area contributed by atoms with E-state index in [0.717, 1.165) is 32.2 Å². The molecule has 1 saturated carbocycles. The van der Waals surface area contributed by atoms with Gasteiger partial charge >= 0.3 is 0 Å². The first-order valence-corrected chi connectivity index (χ1v) is 6.87. The Morgan fingerprint density at radius 1 is 1.50 bits per heavy atom. The molecule has 0 spiro atoms. The molecule has 1 fully saturated rings. The van der Waals surface area contributed by atoms with E-state index in [2.05, 4.69) is 19.6 Å². The zero-order valence-electron chi connectivity index (χ0n) is 10.5. The summed E-state index contributed by atoms with van der Waals surface area (Å²) >= 11 is 4.02. The minimum Gasteiger partial charge on any atom is -0.336 e. The highest BCUT2D eigenvalue weighted by molar-refractivity contribution is 7.80. The maximum absolute atomic E-state index is 13.1. The van der Waals surface area contributed by atoms with Crippen LogP contribution in [-0.4, -0.2) is 23.4 Å². The van der Waals surface area contributed by atoms with Gasteiger partial charge in [0, 0.05) is 23.0 Å². The molecule has 1 aromatic rings. The van der Waals surface area contributed by atoms with Gasteiger partial charge in [-0.15, -0.1) is 12.6 Å². The van der Waals surface area contributed by atoms with E-state index in [9.17, 15) is 9.18 Å². The van der Waals surface area contributed by atoms with Crippen LogP contribution in [0.1, 0.15) is 43.0 Å². The van der Waals surface area contributed by atoms with Crippen molar-refractivity contribution in [1.82, 2.24) is 4.90 Å². The van der Waals surface area contributed by atoms with Crippen LogP contribution >= 0.6 is 12.6 Å².